The maximum atomic E-state index is 13.0. The Hall–Kier alpha value is -1.43. The first kappa shape index (κ1) is 18.0. The van der Waals surface area contributed by atoms with Crippen LogP contribution in [0.15, 0.2) is 16.9 Å². The molecular formula is C20H26ClN3O2. The van der Waals surface area contributed by atoms with E-state index >= 15 is 0 Å². The molecule has 0 spiro atoms. The number of piperidine rings is 1. The topological polar surface area (TPSA) is 58.4 Å². The third-order valence-electron chi connectivity index (χ3n) is 5.80. The van der Waals surface area contributed by atoms with Gasteiger partial charge in [0.25, 0.3) is 5.56 Å². The molecule has 1 fully saturated rings. The quantitative estimate of drug-likeness (QED) is 0.895. The average molecular weight is 376 g/mol. The molecule has 2 aliphatic heterocycles. The van der Waals surface area contributed by atoms with Gasteiger partial charge in [-0.25, -0.2) is 4.98 Å². The second kappa shape index (κ2) is 6.95. The van der Waals surface area contributed by atoms with Gasteiger partial charge in [-0.1, -0.05) is 25.4 Å². The van der Waals surface area contributed by atoms with Gasteiger partial charge in [0, 0.05) is 30.1 Å². The SMILES string of the molecule is CC(C)CN1CCC[C@H]2c3nc4cc(CO)c(Cl)cc4c(=O)n3CC[C@@H]21. The summed E-state index contributed by atoms with van der Waals surface area (Å²) in [5.74, 6) is 1.86. The Bertz CT molecular complexity index is 893. The molecule has 3 heterocycles. The first-order valence-electron chi connectivity index (χ1n) is 9.57. The molecule has 0 aliphatic carbocycles. The minimum absolute atomic E-state index is 0.00387. The maximum Gasteiger partial charge on any atom is 0.261 e. The molecule has 5 nitrogen and oxygen atoms in total. The van der Waals surface area contributed by atoms with Crippen molar-refractivity contribution < 1.29 is 5.11 Å². The van der Waals surface area contributed by atoms with Crippen LogP contribution in [0.5, 0.6) is 0 Å². The van der Waals surface area contributed by atoms with E-state index in [0.29, 0.717) is 45.9 Å². The number of likely N-dealkylation sites (tertiary alicyclic amines) is 1. The summed E-state index contributed by atoms with van der Waals surface area (Å²) >= 11 is 6.19. The smallest absolute Gasteiger partial charge is 0.261 e. The fraction of sp³-hybridized carbons (Fsp3) is 0.600. The predicted molar refractivity (Wildman–Crippen MR) is 104 cm³/mol. The molecule has 0 radical (unpaired) electrons. The number of nitrogens with zero attached hydrogens (tertiary/aromatic N) is 3. The first-order valence-corrected chi connectivity index (χ1v) is 9.95. The predicted octanol–water partition coefficient (Wildman–Crippen LogP) is 3.15. The van der Waals surface area contributed by atoms with E-state index in [1.807, 2.05) is 4.57 Å². The van der Waals surface area contributed by atoms with Crippen molar-refractivity contribution in [3.63, 3.8) is 0 Å². The lowest BCUT2D eigenvalue weighted by Crippen LogP contribution is -2.50. The summed E-state index contributed by atoms with van der Waals surface area (Å²) in [7, 11) is 0. The Kier molecular flexibility index (Phi) is 4.80. The Balaban J connectivity index is 1.82. The minimum atomic E-state index is -0.150. The summed E-state index contributed by atoms with van der Waals surface area (Å²) in [5.41, 5.74) is 1.26. The number of benzene rings is 1. The van der Waals surface area contributed by atoms with Crippen molar-refractivity contribution in [2.75, 3.05) is 13.1 Å². The van der Waals surface area contributed by atoms with Gasteiger partial charge in [-0.15, -0.1) is 0 Å². The summed E-state index contributed by atoms with van der Waals surface area (Å²) < 4.78 is 1.86. The van der Waals surface area contributed by atoms with Crippen LogP contribution in [0.2, 0.25) is 5.02 Å². The monoisotopic (exact) mass is 375 g/mol. The molecule has 140 valence electrons. The average Bonchev–Trinajstić information content (AvgIpc) is 2.62. The zero-order valence-corrected chi connectivity index (χ0v) is 16.2. The van der Waals surface area contributed by atoms with Crippen LogP contribution in [0.25, 0.3) is 10.9 Å². The maximum absolute atomic E-state index is 13.0. The van der Waals surface area contributed by atoms with Gasteiger partial charge in [-0.2, -0.15) is 0 Å². The van der Waals surface area contributed by atoms with Crippen molar-refractivity contribution in [3.8, 4) is 0 Å². The number of hydrogen-bond acceptors (Lipinski definition) is 4. The third-order valence-corrected chi connectivity index (χ3v) is 6.15. The molecule has 1 aromatic heterocycles. The molecule has 2 aliphatic rings. The minimum Gasteiger partial charge on any atom is -0.392 e. The summed E-state index contributed by atoms with van der Waals surface area (Å²) in [5, 5.41) is 10.5. The Morgan fingerprint density at radius 1 is 1.31 bits per heavy atom. The lowest BCUT2D eigenvalue weighted by atomic mass is 9.83. The number of aliphatic hydroxyl groups excluding tert-OH is 1. The van der Waals surface area contributed by atoms with Crippen LogP contribution in [0.4, 0.5) is 0 Å². The molecule has 6 heteroatoms. The molecule has 1 aromatic carbocycles. The van der Waals surface area contributed by atoms with E-state index in [-0.39, 0.29) is 12.2 Å². The summed E-state index contributed by atoms with van der Waals surface area (Å²) in [6, 6.07) is 3.89. The van der Waals surface area contributed by atoms with E-state index < -0.39 is 0 Å². The van der Waals surface area contributed by atoms with Crippen molar-refractivity contribution in [3.05, 3.63) is 38.9 Å². The van der Waals surface area contributed by atoms with Crippen LogP contribution >= 0.6 is 11.6 Å². The van der Waals surface area contributed by atoms with E-state index in [2.05, 4.69) is 18.7 Å². The van der Waals surface area contributed by atoms with Gasteiger partial charge in [0.1, 0.15) is 5.82 Å². The second-order valence-corrected chi connectivity index (χ2v) is 8.45. The van der Waals surface area contributed by atoms with Crippen LogP contribution < -0.4 is 5.56 Å². The number of fused-ring (bicyclic) bond motifs is 4. The zero-order chi connectivity index (χ0) is 18.4. The molecule has 26 heavy (non-hydrogen) atoms. The number of aliphatic hydroxyl groups is 1. The van der Waals surface area contributed by atoms with Gasteiger partial charge in [-0.05, 0) is 49.4 Å². The van der Waals surface area contributed by atoms with Gasteiger partial charge in [0.15, 0.2) is 0 Å². The standard InChI is InChI=1S/C20H26ClN3O2/c1-12(2)10-23-6-3-4-14-18(23)5-7-24-19(14)22-17-8-13(11-25)16(21)9-15(17)20(24)26/h8-9,12,14,18,25H,3-7,10-11H2,1-2H3/t14-,18+/m1/s1. The molecule has 4 rings (SSSR count). The van der Waals surface area contributed by atoms with Gasteiger partial charge < -0.3 is 5.11 Å². The lowest BCUT2D eigenvalue weighted by Gasteiger charge is -2.45. The molecule has 1 N–H and O–H groups in total. The number of aromatic nitrogens is 2. The van der Waals surface area contributed by atoms with E-state index in [4.69, 9.17) is 16.6 Å². The van der Waals surface area contributed by atoms with Crippen molar-refractivity contribution in [2.45, 2.75) is 58.2 Å². The van der Waals surface area contributed by atoms with Crippen LogP contribution in [-0.4, -0.2) is 38.7 Å². The largest absolute Gasteiger partial charge is 0.392 e. The Morgan fingerprint density at radius 2 is 2.12 bits per heavy atom. The van der Waals surface area contributed by atoms with Crippen LogP contribution in [0.1, 0.15) is 50.4 Å². The highest BCUT2D eigenvalue weighted by Gasteiger charge is 2.38. The molecule has 0 amide bonds. The highest BCUT2D eigenvalue weighted by Crippen LogP contribution is 2.37. The highest BCUT2D eigenvalue weighted by molar-refractivity contribution is 6.32. The van der Waals surface area contributed by atoms with Crippen molar-refractivity contribution in [1.82, 2.24) is 14.5 Å². The van der Waals surface area contributed by atoms with E-state index in [1.54, 1.807) is 12.1 Å². The fourth-order valence-electron chi connectivity index (χ4n) is 4.69. The number of rotatable bonds is 3. The van der Waals surface area contributed by atoms with E-state index in [1.165, 1.54) is 0 Å². The molecular weight excluding hydrogens is 350 g/mol. The number of halogens is 1. The van der Waals surface area contributed by atoms with Gasteiger partial charge in [0.05, 0.1) is 17.5 Å². The van der Waals surface area contributed by atoms with Gasteiger partial charge >= 0.3 is 0 Å². The normalized spacial score (nSPS) is 23.3. The third kappa shape index (κ3) is 2.96. The Labute approximate surface area is 158 Å². The highest BCUT2D eigenvalue weighted by atomic mass is 35.5. The van der Waals surface area contributed by atoms with Gasteiger partial charge in [-0.3, -0.25) is 14.3 Å². The molecule has 1 saturated heterocycles. The van der Waals surface area contributed by atoms with E-state index in [9.17, 15) is 9.90 Å². The molecule has 0 bridgehead atoms. The lowest BCUT2D eigenvalue weighted by molar-refractivity contribution is 0.0845. The summed E-state index contributed by atoms with van der Waals surface area (Å²) in [4.78, 5) is 20.5. The molecule has 0 unspecified atom stereocenters. The van der Waals surface area contributed by atoms with Crippen LogP contribution in [0.3, 0.4) is 0 Å². The second-order valence-electron chi connectivity index (χ2n) is 8.04. The number of hydrogen-bond donors (Lipinski definition) is 1. The summed E-state index contributed by atoms with van der Waals surface area (Å²) in [6.45, 7) is 7.33. The first-order chi connectivity index (χ1) is 12.5. The molecule has 2 aromatic rings. The van der Waals surface area contributed by atoms with Crippen molar-refractivity contribution >= 4 is 22.5 Å². The van der Waals surface area contributed by atoms with E-state index in [0.717, 1.165) is 38.2 Å². The fourth-order valence-corrected chi connectivity index (χ4v) is 4.91. The summed E-state index contributed by atoms with van der Waals surface area (Å²) in [6.07, 6.45) is 3.22. The van der Waals surface area contributed by atoms with Crippen molar-refractivity contribution in [2.24, 2.45) is 5.92 Å². The Morgan fingerprint density at radius 3 is 2.85 bits per heavy atom. The molecule has 2 atom stereocenters. The van der Waals surface area contributed by atoms with Crippen molar-refractivity contribution in [1.29, 1.82) is 0 Å². The van der Waals surface area contributed by atoms with Crippen LogP contribution in [0, 0.1) is 5.92 Å². The van der Waals surface area contributed by atoms with Crippen LogP contribution in [-0.2, 0) is 13.2 Å². The zero-order valence-electron chi connectivity index (χ0n) is 15.4. The van der Waals surface area contributed by atoms with Gasteiger partial charge in [0.2, 0.25) is 0 Å². The molecule has 0 saturated carbocycles.